The Bertz CT molecular complexity index is 931. The average molecular weight is 397 g/mol. The molecular formula is C21H27N5O3. The standard InChI is InChI=1S/C21H27N5O3/c1-13-24-19(15-5-7-29-11-15)20(25-13)21(23-12-22)26-6-4-14-8-17(27-2)18(28-3)9-16(14)10-26/h8-9,12,15,22H,4-7,10-11H2,1-3H3,(H,24,25)/t15-/m0/s1. The molecule has 2 aromatic rings. The fourth-order valence-electron chi connectivity index (χ4n) is 4.16. The summed E-state index contributed by atoms with van der Waals surface area (Å²) in [6.45, 7) is 4.87. The van der Waals surface area contributed by atoms with Gasteiger partial charge in [-0.3, -0.25) is 5.41 Å². The minimum atomic E-state index is 0.281. The van der Waals surface area contributed by atoms with E-state index in [-0.39, 0.29) is 5.92 Å². The second-order valence-corrected chi connectivity index (χ2v) is 7.37. The quantitative estimate of drug-likeness (QED) is 0.597. The number of hydrogen-bond acceptors (Lipinski definition) is 5. The number of rotatable bonds is 5. The molecule has 8 heteroatoms. The van der Waals surface area contributed by atoms with Crippen LogP contribution in [0.15, 0.2) is 17.1 Å². The fraction of sp³-hybridized carbons (Fsp3) is 0.476. The van der Waals surface area contributed by atoms with Gasteiger partial charge in [0, 0.05) is 25.6 Å². The Morgan fingerprint density at radius 3 is 2.72 bits per heavy atom. The Morgan fingerprint density at radius 1 is 1.31 bits per heavy atom. The van der Waals surface area contributed by atoms with Crippen molar-refractivity contribution in [2.45, 2.75) is 32.2 Å². The molecule has 4 rings (SSSR count). The molecule has 0 bridgehead atoms. The minimum Gasteiger partial charge on any atom is -0.493 e. The lowest BCUT2D eigenvalue weighted by molar-refractivity contribution is 0.193. The number of methoxy groups -OCH3 is 2. The van der Waals surface area contributed by atoms with Crippen molar-refractivity contribution in [3.8, 4) is 11.5 Å². The van der Waals surface area contributed by atoms with E-state index in [4.69, 9.17) is 24.6 Å². The third kappa shape index (κ3) is 3.72. The molecule has 2 N–H and O–H groups in total. The second kappa shape index (κ2) is 8.24. The van der Waals surface area contributed by atoms with Crippen molar-refractivity contribution in [2.75, 3.05) is 34.0 Å². The second-order valence-electron chi connectivity index (χ2n) is 7.37. The number of aryl methyl sites for hydroxylation is 1. The number of aromatic amines is 1. The molecule has 1 fully saturated rings. The molecule has 0 radical (unpaired) electrons. The summed E-state index contributed by atoms with van der Waals surface area (Å²) in [7, 11) is 3.30. The van der Waals surface area contributed by atoms with Crippen LogP contribution in [0.1, 0.15) is 40.7 Å². The van der Waals surface area contributed by atoms with E-state index in [1.165, 1.54) is 11.1 Å². The van der Waals surface area contributed by atoms with Gasteiger partial charge in [-0.2, -0.15) is 0 Å². The third-order valence-electron chi connectivity index (χ3n) is 5.60. The van der Waals surface area contributed by atoms with Crippen molar-refractivity contribution in [1.82, 2.24) is 14.9 Å². The average Bonchev–Trinajstić information content (AvgIpc) is 3.40. The van der Waals surface area contributed by atoms with Crippen LogP contribution in [-0.4, -0.2) is 61.0 Å². The molecule has 0 saturated carbocycles. The maximum Gasteiger partial charge on any atom is 0.161 e. The molecule has 3 heterocycles. The molecule has 154 valence electrons. The summed E-state index contributed by atoms with van der Waals surface area (Å²) in [5.74, 6) is 3.33. The van der Waals surface area contributed by atoms with E-state index in [1.54, 1.807) is 14.2 Å². The molecule has 1 atom stereocenters. The first kappa shape index (κ1) is 19.4. The Balaban J connectivity index is 1.68. The number of benzene rings is 1. The number of aliphatic imine (C=N–C) groups is 1. The van der Waals surface area contributed by atoms with Crippen molar-refractivity contribution in [1.29, 1.82) is 5.41 Å². The molecular weight excluding hydrogens is 370 g/mol. The van der Waals surface area contributed by atoms with E-state index in [0.717, 1.165) is 66.9 Å². The van der Waals surface area contributed by atoms with Gasteiger partial charge in [0.2, 0.25) is 0 Å². The van der Waals surface area contributed by atoms with Gasteiger partial charge < -0.3 is 24.1 Å². The molecule has 0 amide bonds. The van der Waals surface area contributed by atoms with Gasteiger partial charge in [-0.05, 0) is 43.0 Å². The largest absolute Gasteiger partial charge is 0.493 e. The zero-order valence-corrected chi connectivity index (χ0v) is 17.1. The summed E-state index contributed by atoms with van der Waals surface area (Å²) in [5, 5.41) is 7.61. The van der Waals surface area contributed by atoms with E-state index < -0.39 is 0 Å². The lowest BCUT2D eigenvalue weighted by atomic mass is 9.97. The highest BCUT2D eigenvalue weighted by molar-refractivity contribution is 6.02. The van der Waals surface area contributed by atoms with Crippen LogP contribution >= 0.6 is 0 Å². The lowest BCUT2D eigenvalue weighted by Crippen LogP contribution is -2.37. The molecule has 0 spiro atoms. The summed E-state index contributed by atoms with van der Waals surface area (Å²) in [5.41, 5.74) is 4.30. The Morgan fingerprint density at radius 2 is 2.07 bits per heavy atom. The highest BCUT2D eigenvalue weighted by Crippen LogP contribution is 2.34. The SMILES string of the molecule is COc1cc2c(cc1OC)CN(C(=NC=N)c1nc(C)[nH]c1[C@H]1CCOC1)CC2. The molecule has 1 saturated heterocycles. The number of nitrogens with one attached hydrogen (secondary N) is 2. The maximum absolute atomic E-state index is 7.61. The van der Waals surface area contributed by atoms with E-state index in [2.05, 4.69) is 20.9 Å². The molecule has 1 aromatic carbocycles. The van der Waals surface area contributed by atoms with Crippen LogP contribution in [0.4, 0.5) is 0 Å². The number of fused-ring (bicyclic) bond motifs is 1. The highest BCUT2D eigenvalue weighted by Gasteiger charge is 2.29. The van der Waals surface area contributed by atoms with Crippen molar-refractivity contribution >= 4 is 12.2 Å². The molecule has 29 heavy (non-hydrogen) atoms. The van der Waals surface area contributed by atoms with Gasteiger partial charge in [-0.25, -0.2) is 9.98 Å². The third-order valence-corrected chi connectivity index (χ3v) is 5.60. The van der Waals surface area contributed by atoms with Crippen LogP contribution in [0.3, 0.4) is 0 Å². The first-order valence-corrected chi connectivity index (χ1v) is 9.84. The summed E-state index contributed by atoms with van der Waals surface area (Å²) in [4.78, 5) is 14.7. The normalized spacial score (nSPS) is 19.2. The molecule has 8 nitrogen and oxygen atoms in total. The van der Waals surface area contributed by atoms with Crippen LogP contribution in [-0.2, 0) is 17.7 Å². The molecule has 0 unspecified atom stereocenters. The van der Waals surface area contributed by atoms with Gasteiger partial charge >= 0.3 is 0 Å². The molecule has 2 aliphatic heterocycles. The van der Waals surface area contributed by atoms with Crippen LogP contribution in [0.5, 0.6) is 11.5 Å². The van der Waals surface area contributed by atoms with Gasteiger partial charge in [0.05, 0.1) is 26.5 Å². The number of amidine groups is 1. The number of ether oxygens (including phenoxy) is 3. The van der Waals surface area contributed by atoms with Crippen LogP contribution in [0, 0.1) is 12.3 Å². The Hall–Kier alpha value is -2.87. The number of H-pyrrole nitrogens is 1. The summed E-state index contributed by atoms with van der Waals surface area (Å²) in [6, 6.07) is 4.09. The molecule has 0 aliphatic carbocycles. The van der Waals surface area contributed by atoms with E-state index in [1.807, 2.05) is 13.0 Å². The number of imidazole rings is 1. The predicted octanol–water partition coefficient (Wildman–Crippen LogP) is 2.65. The van der Waals surface area contributed by atoms with Crippen molar-refractivity contribution in [3.05, 3.63) is 40.5 Å². The van der Waals surface area contributed by atoms with Crippen molar-refractivity contribution in [2.24, 2.45) is 4.99 Å². The summed E-state index contributed by atoms with van der Waals surface area (Å²) >= 11 is 0. The smallest absolute Gasteiger partial charge is 0.161 e. The lowest BCUT2D eigenvalue weighted by Gasteiger charge is -2.32. The van der Waals surface area contributed by atoms with Gasteiger partial charge in [-0.15, -0.1) is 0 Å². The van der Waals surface area contributed by atoms with Gasteiger partial charge in [0.25, 0.3) is 0 Å². The Labute approximate surface area is 170 Å². The molecule has 1 aromatic heterocycles. The van der Waals surface area contributed by atoms with Gasteiger partial charge in [-0.1, -0.05) is 0 Å². The fourth-order valence-corrected chi connectivity index (χ4v) is 4.16. The number of hydrogen-bond donors (Lipinski definition) is 2. The molecule has 2 aliphatic rings. The van der Waals surface area contributed by atoms with Crippen LogP contribution in [0.2, 0.25) is 0 Å². The van der Waals surface area contributed by atoms with E-state index in [9.17, 15) is 0 Å². The first-order valence-electron chi connectivity index (χ1n) is 9.84. The van der Waals surface area contributed by atoms with Crippen LogP contribution < -0.4 is 9.47 Å². The monoisotopic (exact) mass is 397 g/mol. The van der Waals surface area contributed by atoms with Gasteiger partial charge in [0.1, 0.15) is 17.9 Å². The maximum atomic E-state index is 7.61. The van der Waals surface area contributed by atoms with E-state index in [0.29, 0.717) is 13.2 Å². The zero-order valence-electron chi connectivity index (χ0n) is 17.1. The first-order chi connectivity index (χ1) is 14.1. The van der Waals surface area contributed by atoms with Crippen LogP contribution in [0.25, 0.3) is 0 Å². The predicted molar refractivity (Wildman–Crippen MR) is 110 cm³/mol. The highest BCUT2D eigenvalue weighted by atomic mass is 16.5. The topological polar surface area (TPSA) is 95.8 Å². The summed E-state index contributed by atoms with van der Waals surface area (Å²) in [6.07, 6.45) is 2.92. The van der Waals surface area contributed by atoms with Gasteiger partial charge in [0.15, 0.2) is 17.3 Å². The number of nitrogens with zero attached hydrogens (tertiary/aromatic N) is 3. The van der Waals surface area contributed by atoms with Crippen molar-refractivity contribution < 1.29 is 14.2 Å². The van der Waals surface area contributed by atoms with E-state index >= 15 is 0 Å². The minimum absolute atomic E-state index is 0.281. The summed E-state index contributed by atoms with van der Waals surface area (Å²) < 4.78 is 16.5. The Kier molecular flexibility index (Phi) is 5.53. The number of aromatic nitrogens is 2. The zero-order chi connectivity index (χ0) is 20.4. The van der Waals surface area contributed by atoms with Crippen molar-refractivity contribution in [3.63, 3.8) is 0 Å².